The Hall–Kier alpha value is 6.75. The van der Waals surface area contributed by atoms with Crippen LogP contribution < -0.4 is 0 Å². The Bertz CT molecular complexity index is 395. The van der Waals surface area contributed by atoms with Crippen molar-refractivity contribution in [1.29, 1.82) is 0 Å². The first kappa shape index (κ1) is 66.8. The van der Waals surface area contributed by atoms with Gasteiger partial charge in [-0.1, -0.05) is 55.4 Å². The smallest absolute Gasteiger partial charge is 0 e. The van der Waals surface area contributed by atoms with E-state index >= 15 is 0 Å². The van der Waals surface area contributed by atoms with Gasteiger partial charge in [-0.15, -0.1) is 0 Å². The summed E-state index contributed by atoms with van der Waals surface area (Å²) in [5, 5.41) is 0. The van der Waals surface area contributed by atoms with Crippen LogP contribution >= 0.6 is 0 Å². The van der Waals surface area contributed by atoms with E-state index in [9.17, 15) is 0 Å². The molecule has 0 aliphatic carbocycles. The van der Waals surface area contributed by atoms with Gasteiger partial charge in [-0.25, -0.2) is 70.8 Å². The first-order valence-corrected chi connectivity index (χ1v) is 9.11. The quantitative estimate of drug-likeness (QED) is 0.276. The largest absolute Gasteiger partial charge is 0.220 e. The summed E-state index contributed by atoms with van der Waals surface area (Å²) in [6.45, 7) is 16.2. The molecule has 0 atom stereocenters. The van der Waals surface area contributed by atoms with Gasteiger partial charge in [0.15, 0.2) is 0 Å². The molecule has 0 aliphatic heterocycles. The molecule has 2 rings (SSSR count). The second kappa shape index (κ2) is 53.9. The molecular formula is C24H36Y8-4. The Morgan fingerprint density at radius 3 is 0.469 bits per heavy atom. The fourth-order valence-corrected chi connectivity index (χ4v) is 1.76. The molecule has 0 heterocycles. The molecule has 0 saturated heterocycles. The van der Waals surface area contributed by atoms with E-state index < -0.39 is 0 Å². The van der Waals surface area contributed by atoms with Gasteiger partial charge < -0.3 is 0 Å². The summed E-state index contributed by atoms with van der Waals surface area (Å²) in [6, 6.07) is 17.0. The second-order valence-electron chi connectivity index (χ2n) is 4.49. The molecule has 0 saturated carbocycles. The molecule has 2 aromatic rings. The van der Waals surface area contributed by atoms with Crippen LogP contribution in [0.15, 0.2) is 48.5 Å². The van der Waals surface area contributed by atoms with Crippen LogP contribution in [0.4, 0.5) is 0 Å². The van der Waals surface area contributed by atoms with Crippen molar-refractivity contribution in [2.75, 3.05) is 0 Å². The maximum Gasteiger partial charge on any atom is 0 e. The fourth-order valence-electron chi connectivity index (χ4n) is 1.76. The minimum Gasteiger partial charge on any atom is -0.220 e. The van der Waals surface area contributed by atoms with Crippen LogP contribution in [0.5, 0.6) is 0 Å². The van der Waals surface area contributed by atoms with Crippen molar-refractivity contribution in [1.82, 2.24) is 0 Å². The Morgan fingerprint density at radius 2 is 0.406 bits per heavy atom. The van der Waals surface area contributed by atoms with Crippen LogP contribution in [-0.4, -0.2) is 0 Å². The zero-order valence-corrected chi connectivity index (χ0v) is 44.3. The van der Waals surface area contributed by atoms with Crippen molar-refractivity contribution in [2.24, 2.45) is 0 Å². The third kappa shape index (κ3) is 38.9. The number of benzene rings is 2. The molecule has 0 unspecified atom stereocenters. The Balaban J connectivity index is -0.0000000268. The summed E-state index contributed by atoms with van der Waals surface area (Å²) in [4.78, 5) is 0. The van der Waals surface area contributed by atoms with Gasteiger partial charge in [0.2, 0.25) is 0 Å². The minimum absolute atomic E-state index is 0. The predicted molar refractivity (Wildman–Crippen MR) is 112 cm³/mol. The molecule has 0 bridgehead atoms. The number of rotatable bonds is 4. The Labute approximate surface area is 403 Å². The van der Waals surface area contributed by atoms with Crippen molar-refractivity contribution in [3.05, 3.63) is 96.5 Å². The normalized spacial score (nSPS) is 6.00. The molecule has 8 radical (unpaired) electrons. The summed E-state index contributed by atoms with van der Waals surface area (Å²) >= 11 is 0. The molecule has 32 heavy (non-hydrogen) atoms. The van der Waals surface area contributed by atoms with E-state index in [1.165, 1.54) is 22.3 Å². The summed E-state index contributed by atoms with van der Waals surface area (Å²) < 4.78 is 0. The van der Waals surface area contributed by atoms with Gasteiger partial charge in [-0.3, -0.25) is 0 Å². The van der Waals surface area contributed by atoms with Crippen molar-refractivity contribution in [2.45, 2.75) is 55.4 Å². The molecule has 0 fully saturated rings. The number of hydrogen-bond acceptors (Lipinski definition) is 0. The van der Waals surface area contributed by atoms with E-state index in [0.29, 0.717) is 0 Å². The monoisotopic (exact) mass is 1040 g/mol. The first-order valence-electron chi connectivity index (χ1n) is 9.11. The zero-order chi connectivity index (χ0) is 18.8. The Morgan fingerprint density at radius 1 is 0.312 bits per heavy atom. The van der Waals surface area contributed by atoms with E-state index in [1.54, 1.807) is 0 Å². The van der Waals surface area contributed by atoms with E-state index in [4.69, 9.17) is 0 Å². The summed E-state index contributed by atoms with van der Waals surface area (Å²) in [7, 11) is 0. The third-order valence-electron chi connectivity index (χ3n) is 3.21. The van der Waals surface area contributed by atoms with Gasteiger partial charge in [0, 0.05) is 262 Å². The van der Waals surface area contributed by atoms with Crippen molar-refractivity contribution >= 4 is 0 Å². The minimum atomic E-state index is 0. The maximum atomic E-state index is 2.12. The average Bonchev–Trinajstić information content (AvgIpc) is 2.71. The van der Waals surface area contributed by atoms with Crippen molar-refractivity contribution in [3.63, 3.8) is 0 Å². The summed E-state index contributed by atoms with van der Waals surface area (Å²) in [5.41, 5.74) is 5.13. The first-order chi connectivity index (χ1) is 11.7. The van der Waals surface area contributed by atoms with Crippen LogP contribution in [0.1, 0.15) is 77.6 Å². The fraction of sp³-hybridized carbons (Fsp3) is 0.333. The van der Waals surface area contributed by atoms with Gasteiger partial charge in [0.1, 0.15) is 0 Å². The average molecular weight is 1040 g/mol. The van der Waals surface area contributed by atoms with Crippen LogP contribution in [0.2, 0.25) is 0 Å². The maximum absolute atomic E-state index is 2.12. The molecule has 0 spiro atoms. The van der Waals surface area contributed by atoms with Crippen molar-refractivity contribution < 1.29 is 262 Å². The van der Waals surface area contributed by atoms with Gasteiger partial charge in [0.05, 0.1) is 0 Å². The van der Waals surface area contributed by atoms with Crippen LogP contribution in [0.25, 0.3) is 0 Å². The molecule has 160 valence electrons. The Kier molecular flexibility index (Phi) is 113. The van der Waals surface area contributed by atoms with E-state index in [0.717, 1.165) is 0 Å². The molecule has 0 N–H and O–H groups in total. The van der Waals surface area contributed by atoms with Crippen LogP contribution in [-0.2, 0) is 262 Å². The molecule has 0 aromatic heterocycles. The van der Waals surface area contributed by atoms with Crippen LogP contribution in [0, 0.1) is 25.7 Å². The topological polar surface area (TPSA) is 0 Å². The molecule has 0 aliphatic rings. The predicted octanol–water partition coefficient (Wildman–Crippen LogP) is 7.69. The third-order valence-corrected chi connectivity index (χ3v) is 3.21. The van der Waals surface area contributed by atoms with Crippen molar-refractivity contribution in [3.8, 4) is 0 Å². The molecule has 8 heteroatoms. The molecule has 2 aromatic carbocycles. The molecule has 0 nitrogen and oxygen atoms in total. The molecule has 0 amide bonds. The van der Waals surface area contributed by atoms with E-state index in [2.05, 4.69) is 74.2 Å². The van der Waals surface area contributed by atoms with E-state index in [-0.39, 0.29) is 262 Å². The summed E-state index contributed by atoms with van der Waals surface area (Å²) in [6.07, 6.45) is 8.39. The van der Waals surface area contributed by atoms with Gasteiger partial charge >= 0.3 is 0 Å². The standard InChI is InChI=1S/2C10H12.2C2H6.8Y/c2*1-3-9-5-7-10(4-2)8-6-9;2*1-2;;;;;;;;/h2*3-8H,1-2H3;2*1-2H3;;;;;;;;/q2*-2;;;;;;;;;;. The SMILES string of the molecule is CC.CC.C[CH-]c1ccc([CH-]C)cc1.C[CH-]c1ccc([CH-]C)cc1.[Y].[Y].[Y].[Y].[Y].[Y].[Y].[Y]. The van der Waals surface area contributed by atoms with Gasteiger partial charge in [-0.05, 0) is 0 Å². The zero-order valence-electron chi connectivity index (χ0n) is 21.5. The summed E-state index contributed by atoms with van der Waals surface area (Å²) in [5.74, 6) is 0. The molecular weight excluding hydrogens is 1000 g/mol. The van der Waals surface area contributed by atoms with Gasteiger partial charge in [-0.2, -0.15) is 25.7 Å². The second-order valence-corrected chi connectivity index (χ2v) is 4.49. The number of hydrogen-bond donors (Lipinski definition) is 0. The van der Waals surface area contributed by atoms with Crippen LogP contribution in [0.3, 0.4) is 0 Å². The van der Waals surface area contributed by atoms with E-state index in [1.807, 2.05) is 55.4 Å². The van der Waals surface area contributed by atoms with Gasteiger partial charge in [0.25, 0.3) is 0 Å².